The van der Waals surface area contributed by atoms with Crippen LogP contribution in [-0.2, 0) is 4.74 Å². The third kappa shape index (κ3) is 2.48. The first kappa shape index (κ1) is 12.1. The Bertz CT molecular complexity index is 500. The van der Waals surface area contributed by atoms with E-state index in [1.165, 1.54) is 0 Å². The van der Waals surface area contributed by atoms with Gasteiger partial charge in [0.05, 0.1) is 12.9 Å². The molecule has 0 amide bonds. The van der Waals surface area contributed by atoms with E-state index in [-0.39, 0.29) is 5.28 Å². The zero-order valence-corrected chi connectivity index (χ0v) is 10.5. The maximum Gasteiger partial charge on any atom is 0.226 e. The second-order valence-electron chi connectivity index (χ2n) is 3.49. The average Bonchev–Trinajstić information content (AvgIpc) is 2.77. The molecule has 0 fully saturated rings. The lowest BCUT2D eigenvalue weighted by atomic mass is 10.4. The van der Waals surface area contributed by atoms with E-state index in [4.69, 9.17) is 16.3 Å². The molecule has 0 saturated heterocycles. The molecule has 6 nitrogen and oxygen atoms in total. The first-order valence-corrected chi connectivity index (χ1v) is 5.74. The van der Waals surface area contributed by atoms with Gasteiger partial charge in [0.25, 0.3) is 0 Å². The number of anilines is 1. The third-order valence-corrected chi connectivity index (χ3v) is 2.65. The highest BCUT2D eigenvalue weighted by Gasteiger charge is 2.14. The predicted octanol–water partition coefficient (Wildman–Crippen LogP) is 1.48. The number of H-pyrrole nitrogens is 1. The van der Waals surface area contributed by atoms with Gasteiger partial charge in [-0.05, 0) is 18.5 Å². The summed E-state index contributed by atoms with van der Waals surface area (Å²) in [6.07, 6.45) is 1.59. The maximum absolute atomic E-state index is 5.88. The van der Waals surface area contributed by atoms with Crippen molar-refractivity contribution in [3.05, 3.63) is 11.6 Å². The van der Waals surface area contributed by atoms with Crippen LogP contribution < -0.4 is 4.90 Å². The van der Waals surface area contributed by atoms with Crippen molar-refractivity contribution in [2.24, 2.45) is 0 Å². The molecule has 0 saturated carbocycles. The van der Waals surface area contributed by atoms with Gasteiger partial charge in [-0.1, -0.05) is 0 Å². The summed E-state index contributed by atoms with van der Waals surface area (Å²) in [5, 5.41) is 0.204. The molecule has 17 heavy (non-hydrogen) atoms. The van der Waals surface area contributed by atoms with Gasteiger partial charge in [0.2, 0.25) is 5.28 Å². The quantitative estimate of drug-likeness (QED) is 0.820. The summed E-state index contributed by atoms with van der Waals surface area (Å²) in [6.45, 7) is 4.23. The molecule has 0 aliphatic carbocycles. The largest absolute Gasteiger partial charge is 0.383 e. The number of rotatable bonds is 5. The summed E-state index contributed by atoms with van der Waals surface area (Å²) in [6, 6.07) is 0. The Morgan fingerprint density at radius 3 is 3.00 bits per heavy atom. The standard InChI is InChI=1S/C10H14ClN5O/c1-3-16(4-5-17-2)9-7-8(13-6-12-7)14-10(11)15-9/h6H,3-5H2,1-2H3,(H,12,13,14,15). The number of aromatic amines is 1. The summed E-state index contributed by atoms with van der Waals surface area (Å²) in [7, 11) is 1.67. The highest BCUT2D eigenvalue weighted by Crippen LogP contribution is 2.22. The fraction of sp³-hybridized carbons (Fsp3) is 0.500. The molecule has 0 bridgehead atoms. The molecule has 0 aromatic carbocycles. The Hall–Kier alpha value is -1.40. The molecule has 2 rings (SSSR count). The molecule has 2 heterocycles. The molecule has 1 N–H and O–H groups in total. The van der Waals surface area contributed by atoms with E-state index in [9.17, 15) is 0 Å². The molecule has 0 unspecified atom stereocenters. The molecule has 0 radical (unpaired) electrons. The van der Waals surface area contributed by atoms with Crippen LogP contribution in [-0.4, -0.2) is 46.7 Å². The highest BCUT2D eigenvalue weighted by atomic mass is 35.5. The fourth-order valence-corrected chi connectivity index (χ4v) is 1.80. The number of ether oxygens (including phenoxy) is 1. The number of halogens is 1. The van der Waals surface area contributed by atoms with Gasteiger partial charge < -0.3 is 14.6 Å². The van der Waals surface area contributed by atoms with Gasteiger partial charge in [0.15, 0.2) is 11.5 Å². The number of likely N-dealkylation sites (N-methyl/N-ethyl adjacent to an activating group) is 1. The second-order valence-corrected chi connectivity index (χ2v) is 3.83. The van der Waals surface area contributed by atoms with Crippen LogP contribution >= 0.6 is 11.6 Å². The van der Waals surface area contributed by atoms with Crippen molar-refractivity contribution < 1.29 is 4.74 Å². The van der Waals surface area contributed by atoms with Crippen LogP contribution in [0.2, 0.25) is 5.28 Å². The smallest absolute Gasteiger partial charge is 0.226 e. The van der Waals surface area contributed by atoms with Crippen LogP contribution in [0.5, 0.6) is 0 Å². The third-order valence-electron chi connectivity index (χ3n) is 2.49. The molecule has 0 aliphatic rings. The van der Waals surface area contributed by atoms with Crippen LogP contribution in [0.25, 0.3) is 11.2 Å². The monoisotopic (exact) mass is 255 g/mol. The van der Waals surface area contributed by atoms with Crippen molar-refractivity contribution in [1.82, 2.24) is 19.9 Å². The Labute approximate surface area is 104 Å². The summed E-state index contributed by atoms with van der Waals surface area (Å²) in [4.78, 5) is 17.5. The van der Waals surface area contributed by atoms with E-state index in [1.807, 2.05) is 6.92 Å². The highest BCUT2D eigenvalue weighted by molar-refractivity contribution is 6.28. The molecule has 0 spiro atoms. The number of imidazole rings is 1. The topological polar surface area (TPSA) is 66.9 Å². The van der Waals surface area contributed by atoms with Crippen LogP contribution in [0, 0.1) is 0 Å². The minimum absolute atomic E-state index is 0.204. The molecule has 92 valence electrons. The average molecular weight is 256 g/mol. The van der Waals surface area contributed by atoms with Crippen molar-refractivity contribution in [2.45, 2.75) is 6.92 Å². The molecule has 2 aromatic heterocycles. The van der Waals surface area contributed by atoms with E-state index in [2.05, 4.69) is 24.8 Å². The minimum atomic E-state index is 0.204. The number of nitrogens with zero attached hydrogens (tertiary/aromatic N) is 4. The van der Waals surface area contributed by atoms with Gasteiger partial charge in [-0.2, -0.15) is 9.97 Å². The lowest BCUT2D eigenvalue weighted by Gasteiger charge is -2.21. The van der Waals surface area contributed by atoms with Crippen LogP contribution in [0.1, 0.15) is 6.92 Å². The summed E-state index contributed by atoms with van der Waals surface area (Å²) in [5.41, 5.74) is 1.38. The minimum Gasteiger partial charge on any atom is -0.383 e. The van der Waals surface area contributed by atoms with E-state index < -0.39 is 0 Å². The lowest BCUT2D eigenvalue weighted by Crippen LogP contribution is -2.28. The Morgan fingerprint density at radius 2 is 2.29 bits per heavy atom. The van der Waals surface area contributed by atoms with Gasteiger partial charge in [0, 0.05) is 20.2 Å². The van der Waals surface area contributed by atoms with E-state index in [0.717, 1.165) is 24.4 Å². The second kappa shape index (κ2) is 5.29. The van der Waals surface area contributed by atoms with Crippen molar-refractivity contribution in [3.8, 4) is 0 Å². The Balaban J connectivity index is 2.40. The van der Waals surface area contributed by atoms with Crippen molar-refractivity contribution in [3.63, 3.8) is 0 Å². The fourth-order valence-electron chi connectivity index (χ4n) is 1.64. The van der Waals surface area contributed by atoms with Crippen LogP contribution in [0.15, 0.2) is 6.33 Å². The summed E-state index contributed by atoms with van der Waals surface area (Å²) < 4.78 is 5.08. The number of hydrogen-bond donors (Lipinski definition) is 1. The predicted molar refractivity (Wildman–Crippen MR) is 66.5 cm³/mol. The van der Waals surface area contributed by atoms with Gasteiger partial charge >= 0.3 is 0 Å². The zero-order valence-electron chi connectivity index (χ0n) is 9.77. The molecule has 0 aliphatic heterocycles. The van der Waals surface area contributed by atoms with Gasteiger partial charge in [-0.3, -0.25) is 0 Å². The van der Waals surface area contributed by atoms with E-state index >= 15 is 0 Å². The number of hydrogen-bond acceptors (Lipinski definition) is 5. The number of aromatic nitrogens is 4. The summed E-state index contributed by atoms with van der Waals surface area (Å²) in [5.74, 6) is 0.761. The first-order valence-electron chi connectivity index (χ1n) is 5.36. The molecule has 2 aromatic rings. The maximum atomic E-state index is 5.88. The van der Waals surface area contributed by atoms with Crippen molar-refractivity contribution in [1.29, 1.82) is 0 Å². The van der Waals surface area contributed by atoms with Crippen molar-refractivity contribution in [2.75, 3.05) is 31.7 Å². The van der Waals surface area contributed by atoms with E-state index in [0.29, 0.717) is 12.3 Å². The SMILES string of the molecule is CCN(CCOC)c1nc(Cl)nc2nc[nH]c12. The van der Waals surface area contributed by atoms with Crippen molar-refractivity contribution >= 4 is 28.6 Å². The lowest BCUT2D eigenvalue weighted by molar-refractivity contribution is 0.205. The normalized spacial score (nSPS) is 11.0. The number of nitrogens with one attached hydrogen (secondary N) is 1. The Kier molecular flexibility index (Phi) is 3.75. The summed E-state index contributed by atoms with van der Waals surface area (Å²) >= 11 is 5.88. The first-order chi connectivity index (χ1) is 8.26. The van der Waals surface area contributed by atoms with Crippen LogP contribution in [0.3, 0.4) is 0 Å². The molecule has 0 atom stereocenters. The number of fused-ring (bicyclic) bond motifs is 1. The van der Waals surface area contributed by atoms with Gasteiger partial charge in [0.1, 0.15) is 5.52 Å². The Morgan fingerprint density at radius 1 is 1.47 bits per heavy atom. The zero-order chi connectivity index (χ0) is 12.3. The number of methoxy groups -OCH3 is 1. The van der Waals surface area contributed by atoms with E-state index in [1.54, 1.807) is 13.4 Å². The van der Waals surface area contributed by atoms with Gasteiger partial charge in [-0.15, -0.1) is 0 Å². The van der Waals surface area contributed by atoms with Gasteiger partial charge in [-0.25, -0.2) is 4.98 Å². The molecule has 7 heteroatoms. The molecular weight excluding hydrogens is 242 g/mol. The van der Waals surface area contributed by atoms with Crippen LogP contribution in [0.4, 0.5) is 5.82 Å². The molecular formula is C10H14ClN5O.